The Morgan fingerprint density at radius 3 is 1.82 bits per heavy atom. The van der Waals surface area contributed by atoms with Crippen molar-refractivity contribution in [3.05, 3.63) is 35.4 Å². The minimum atomic E-state index is 0.0346. The van der Waals surface area contributed by atoms with Crippen molar-refractivity contribution < 1.29 is 4.79 Å². The summed E-state index contributed by atoms with van der Waals surface area (Å²) in [7, 11) is 0. The molecule has 0 bridgehead atoms. The summed E-state index contributed by atoms with van der Waals surface area (Å²) in [6.07, 6.45) is 0. The largest absolute Gasteiger partial charge is 0.349 e. The van der Waals surface area contributed by atoms with Crippen molar-refractivity contribution in [2.24, 2.45) is 5.92 Å². The zero-order valence-corrected chi connectivity index (χ0v) is 11.4. The highest BCUT2D eigenvalue weighted by Crippen LogP contribution is 2.18. The van der Waals surface area contributed by atoms with Gasteiger partial charge in [-0.15, -0.1) is 0 Å². The van der Waals surface area contributed by atoms with Gasteiger partial charge in [0.25, 0.3) is 0 Å². The maximum atomic E-state index is 11.6. The van der Waals surface area contributed by atoms with Gasteiger partial charge in [0.1, 0.15) is 0 Å². The van der Waals surface area contributed by atoms with Crippen LogP contribution >= 0.6 is 0 Å². The first-order chi connectivity index (χ1) is 7.91. The lowest BCUT2D eigenvalue weighted by Crippen LogP contribution is -2.30. The molecule has 1 rings (SSSR count). The lowest BCUT2D eigenvalue weighted by molar-refractivity contribution is -0.124. The molecule has 0 aromatic heterocycles. The van der Waals surface area contributed by atoms with Gasteiger partial charge >= 0.3 is 0 Å². The SMILES string of the molecule is CC(C)C(=O)N[C@H](C)c1ccc(C(C)C)cc1. The van der Waals surface area contributed by atoms with Crippen LogP contribution in [0.2, 0.25) is 0 Å². The molecule has 94 valence electrons. The lowest BCUT2D eigenvalue weighted by Gasteiger charge is -2.16. The minimum Gasteiger partial charge on any atom is -0.349 e. The van der Waals surface area contributed by atoms with Gasteiger partial charge in [-0.25, -0.2) is 0 Å². The van der Waals surface area contributed by atoms with E-state index >= 15 is 0 Å². The van der Waals surface area contributed by atoms with Gasteiger partial charge in [0, 0.05) is 5.92 Å². The van der Waals surface area contributed by atoms with Crippen LogP contribution in [0.25, 0.3) is 0 Å². The molecule has 17 heavy (non-hydrogen) atoms. The van der Waals surface area contributed by atoms with Crippen molar-refractivity contribution in [3.8, 4) is 0 Å². The molecular formula is C15H23NO. The number of carbonyl (C=O) groups is 1. The van der Waals surface area contributed by atoms with Gasteiger partial charge in [-0.05, 0) is 24.0 Å². The zero-order valence-electron chi connectivity index (χ0n) is 11.4. The van der Waals surface area contributed by atoms with Gasteiger partial charge < -0.3 is 5.32 Å². The van der Waals surface area contributed by atoms with Crippen LogP contribution in [-0.2, 0) is 4.79 Å². The summed E-state index contributed by atoms with van der Waals surface area (Å²) in [4.78, 5) is 11.6. The van der Waals surface area contributed by atoms with Crippen molar-refractivity contribution in [1.29, 1.82) is 0 Å². The number of carbonyl (C=O) groups excluding carboxylic acids is 1. The molecule has 0 radical (unpaired) electrons. The van der Waals surface area contributed by atoms with Crippen LogP contribution in [0, 0.1) is 5.92 Å². The molecule has 1 aromatic rings. The summed E-state index contributed by atoms with van der Waals surface area (Å²) >= 11 is 0. The Hall–Kier alpha value is -1.31. The maximum absolute atomic E-state index is 11.6. The molecule has 1 amide bonds. The molecule has 2 heteroatoms. The first kappa shape index (κ1) is 13.8. The van der Waals surface area contributed by atoms with Crippen molar-refractivity contribution in [2.45, 2.75) is 46.6 Å². The molecule has 0 aliphatic heterocycles. The summed E-state index contributed by atoms with van der Waals surface area (Å²) in [5.41, 5.74) is 2.49. The quantitative estimate of drug-likeness (QED) is 0.845. The molecule has 0 spiro atoms. The minimum absolute atomic E-state index is 0.0346. The third-order valence-electron chi connectivity index (χ3n) is 2.99. The molecule has 1 N–H and O–H groups in total. The van der Waals surface area contributed by atoms with E-state index in [4.69, 9.17) is 0 Å². The van der Waals surface area contributed by atoms with Gasteiger partial charge in [0.2, 0.25) is 5.91 Å². The summed E-state index contributed by atoms with van der Waals surface area (Å²) in [6, 6.07) is 8.54. The molecule has 0 saturated carbocycles. The maximum Gasteiger partial charge on any atom is 0.223 e. The normalized spacial score (nSPS) is 12.9. The molecule has 0 saturated heterocycles. The molecule has 0 fully saturated rings. The van der Waals surface area contributed by atoms with Crippen LogP contribution in [0.15, 0.2) is 24.3 Å². The van der Waals surface area contributed by atoms with Crippen LogP contribution in [0.4, 0.5) is 0 Å². The van der Waals surface area contributed by atoms with Crippen LogP contribution in [-0.4, -0.2) is 5.91 Å². The molecule has 0 aliphatic carbocycles. The van der Waals surface area contributed by atoms with E-state index in [-0.39, 0.29) is 17.9 Å². The Labute approximate surface area is 104 Å². The van der Waals surface area contributed by atoms with Gasteiger partial charge in [-0.1, -0.05) is 52.0 Å². The number of hydrogen-bond acceptors (Lipinski definition) is 1. The fourth-order valence-corrected chi connectivity index (χ4v) is 1.63. The average Bonchev–Trinajstić information content (AvgIpc) is 2.28. The van der Waals surface area contributed by atoms with E-state index in [2.05, 4.69) is 43.4 Å². The van der Waals surface area contributed by atoms with Gasteiger partial charge in [0.05, 0.1) is 6.04 Å². The van der Waals surface area contributed by atoms with Crippen LogP contribution < -0.4 is 5.32 Å². The average molecular weight is 233 g/mol. The second-order valence-electron chi connectivity index (χ2n) is 5.21. The third-order valence-corrected chi connectivity index (χ3v) is 2.99. The van der Waals surface area contributed by atoms with Crippen molar-refractivity contribution in [2.75, 3.05) is 0 Å². The Balaban J connectivity index is 2.70. The van der Waals surface area contributed by atoms with Crippen LogP contribution in [0.1, 0.15) is 57.7 Å². The smallest absolute Gasteiger partial charge is 0.223 e. The highest BCUT2D eigenvalue weighted by Gasteiger charge is 2.12. The predicted octanol–water partition coefficient (Wildman–Crippen LogP) is 3.64. The number of hydrogen-bond donors (Lipinski definition) is 1. The van der Waals surface area contributed by atoms with E-state index in [9.17, 15) is 4.79 Å². The molecule has 0 heterocycles. The van der Waals surface area contributed by atoms with Gasteiger partial charge in [0.15, 0.2) is 0 Å². The lowest BCUT2D eigenvalue weighted by atomic mass is 9.99. The summed E-state index contributed by atoms with van der Waals surface area (Å²) in [6.45, 7) is 10.2. The number of amides is 1. The molecule has 1 atom stereocenters. The number of benzene rings is 1. The standard InChI is InChI=1S/C15H23NO/c1-10(2)13-6-8-14(9-7-13)12(5)16-15(17)11(3)4/h6-12H,1-5H3,(H,16,17)/t12-/m1/s1. The number of rotatable bonds is 4. The predicted molar refractivity (Wildman–Crippen MR) is 71.9 cm³/mol. The second kappa shape index (κ2) is 5.85. The highest BCUT2D eigenvalue weighted by molar-refractivity contribution is 5.78. The zero-order chi connectivity index (χ0) is 13.0. The van der Waals surface area contributed by atoms with E-state index in [1.807, 2.05) is 20.8 Å². The second-order valence-corrected chi connectivity index (χ2v) is 5.21. The first-order valence-corrected chi connectivity index (χ1v) is 6.32. The van der Waals surface area contributed by atoms with E-state index < -0.39 is 0 Å². The highest BCUT2D eigenvalue weighted by atomic mass is 16.1. The summed E-state index contributed by atoms with van der Waals surface area (Å²) in [5, 5.41) is 3.01. The van der Waals surface area contributed by atoms with E-state index in [0.29, 0.717) is 5.92 Å². The van der Waals surface area contributed by atoms with Crippen molar-refractivity contribution >= 4 is 5.91 Å². The molecule has 2 nitrogen and oxygen atoms in total. The fraction of sp³-hybridized carbons (Fsp3) is 0.533. The van der Waals surface area contributed by atoms with Crippen molar-refractivity contribution in [1.82, 2.24) is 5.32 Å². The Morgan fingerprint density at radius 1 is 0.941 bits per heavy atom. The Morgan fingerprint density at radius 2 is 1.41 bits per heavy atom. The monoisotopic (exact) mass is 233 g/mol. The van der Waals surface area contributed by atoms with Gasteiger partial charge in [-0.2, -0.15) is 0 Å². The molecule has 0 unspecified atom stereocenters. The van der Waals surface area contributed by atoms with E-state index in [1.54, 1.807) is 0 Å². The van der Waals surface area contributed by atoms with Gasteiger partial charge in [-0.3, -0.25) is 4.79 Å². The molecular weight excluding hydrogens is 210 g/mol. The fourth-order valence-electron chi connectivity index (χ4n) is 1.63. The summed E-state index contributed by atoms with van der Waals surface area (Å²) < 4.78 is 0. The Kier molecular flexibility index (Phi) is 4.73. The topological polar surface area (TPSA) is 29.1 Å². The number of nitrogens with one attached hydrogen (secondary N) is 1. The Bertz CT molecular complexity index is 365. The molecule has 1 aromatic carbocycles. The third kappa shape index (κ3) is 3.88. The van der Waals surface area contributed by atoms with E-state index in [1.165, 1.54) is 5.56 Å². The molecule has 0 aliphatic rings. The van der Waals surface area contributed by atoms with E-state index in [0.717, 1.165) is 5.56 Å². The summed E-state index contributed by atoms with van der Waals surface area (Å²) in [5.74, 6) is 0.683. The van der Waals surface area contributed by atoms with Crippen LogP contribution in [0.3, 0.4) is 0 Å². The first-order valence-electron chi connectivity index (χ1n) is 6.32. The van der Waals surface area contributed by atoms with Crippen molar-refractivity contribution in [3.63, 3.8) is 0 Å². The van der Waals surface area contributed by atoms with Crippen LogP contribution in [0.5, 0.6) is 0 Å².